The summed E-state index contributed by atoms with van der Waals surface area (Å²) in [6.45, 7) is 4.92. The minimum atomic E-state index is -1.47. The predicted molar refractivity (Wildman–Crippen MR) is 117 cm³/mol. The van der Waals surface area contributed by atoms with Gasteiger partial charge in [0.05, 0.1) is 6.07 Å². The van der Waals surface area contributed by atoms with Gasteiger partial charge in [0.1, 0.15) is 31.5 Å². The lowest BCUT2D eigenvalue weighted by atomic mass is 9.97. The number of esters is 5. The molecule has 2 aliphatic rings. The molecule has 0 aromatic heterocycles. The van der Waals surface area contributed by atoms with Crippen molar-refractivity contribution in [2.45, 2.75) is 83.6 Å². The summed E-state index contributed by atoms with van der Waals surface area (Å²) < 4.78 is 43.5. The minimum Gasteiger partial charge on any atom is -0.463 e. The zero-order chi connectivity index (χ0) is 27.7. The van der Waals surface area contributed by atoms with Crippen molar-refractivity contribution in [2.24, 2.45) is 0 Å². The van der Waals surface area contributed by atoms with E-state index in [0.717, 1.165) is 27.7 Å². The quantitative estimate of drug-likeness (QED) is 0.219. The third-order valence-corrected chi connectivity index (χ3v) is 4.98. The van der Waals surface area contributed by atoms with Crippen LogP contribution in [0.2, 0.25) is 0 Å². The third kappa shape index (κ3) is 9.12. The Labute approximate surface area is 212 Å². The van der Waals surface area contributed by atoms with Crippen LogP contribution in [0.25, 0.3) is 0 Å². The molecule has 2 rings (SSSR count). The molecule has 37 heavy (non-hydrogen) atoms. The van der Waals surface area contributed by atoms with Gasteiger partial charge < -0.3 is 37.9 Å². The molecule has 14 heteroatoms. The molecule has 204 valence electrons. The van der Waals surface area contributed by atoms with Crippen LogP contribution in [0.5, 0.6) is 0 Å². The number of rotatable bonds is 9. The zero-order valence-electron chi connectivity index (χ0n) is 20.9. The molecular weight excluding hydrogens is 498 g/mol. The lowest BCUT2D eigenvalue weighted by molar-refractivity contribution is -0.320. The summed E-state index contributed by atoms with van der Waals surface area (Å²) in [6.07, 6.45) is -6.93. The van der Waals surface area contributed by atoms with Crippen LogP contribution in [0.15, 0.2) is 12.2 Å². The maximum Gasteiger partial charge on any atom is 0.303 e. The summed E-state index contributed by atoms with van der Waals surface area (Å²) in [5.41, 5.74) is 0. The van der Waals surface area contributed by atoms with E-state index in [0.29, 0.717) is 0 Å². The SMILES string of the molecule is CC(=O)OC[C@H]1O[C@H](O[C@H]2C=C[C@H](C#N)O[C@@H]2COC(C)=O)[C@H](OC(C)=O)[C@@H](OC(C)=O)[C@@H]1OC(C)=O. The molecule has 2 heterocycles. The largest absolute Gasteiger partial charge is 0.463 e. The highest BCUT2D eigenvalue weighted by Crippen LogP contribution is 2.32. The average Bonchev–Trinajstić information content (AvgIpc) is 2.79. The molecule has 0 aromatic rings. The van der Waals surface area contributed by atoms with E-state index in [1.54, 1.807) is 0 Å². The molecule has 0 bridgehead atoms. The molecule has 0 N–H and O–H groups in total. The fourth-order valence-corrected chi connectivity index (χ4v) is 3.64. The highest BCUT2D eigenvalue weighted by Gasteiger charge is 2.53. The van der Waals surface area contributed by atoms with Crippen molar-refractivity contribution >= 4 is 29.8 Å². The van der Waals surface area contributed by atoms with Gasteiger partial charge in [-0.3, -0.25) is 24.0 Å². The molecule has 0 amide bonds. The number of nitrogens with zero attached hydrogens (tertiary/aromatic N) is 1. The van der Waals surface area contributed by atoms with Gasteiger partial charge in [-0.2, -0.15) is 5.26 Å². The molecule has 8 atom stereocenters. The highest BCUT2D eigenvalue weighted by molar-refractivity contribution is 5.68. The summed E-state index contributed by atoms with van der Waals surface area (Å²) in [5.74, 6) is -3.63. The van der Waals surface area contributed by atoms with Crippen molar-refractivity contribution in [1.29, 1.82) is 5.26 Å². The Bertz CT molecular complexity index is 941. The van der Waals surface area contributed by atoms with E-state index in [9.17, 15) is 29.2 Å². The fourth-order valence-electron chi connectivity index (χ4n) is 3.64. The van der Waals surface area contributed by atoms with E-state index in [4.69, 9.17) is 37.9 Å². The molecule has 0 unspecified atom stereocenters. The van der Waals surface area contributed by atoms with Crippen molar-refractivity contribution in [3.8, 4) is 6.07 Å². The van der Waals surface area contributed by atoms with Gasteiger partial charge in [-0.1, -0.05) is 6.08 Å². The van der Waals surface area contributed by atoms with Gasteiger partial charge in [-0.15, -0.1) is 0 Å². The molecule has 0 saturated carbocycles. The monoisotopic (exact) mass is 527 g/mol. The van der Waals surface area contributed by atoms with Crippen LogP contribution < -0.4 is 0 Å². The Morgan fingerprint density at radius 1 is 0.703 bits per heavy atom. The topological polar surface area (TPSA) is 183 Å². The van der Waals surface area contributed by atoms with Crippen molar-refractivity contribution in [3.63, 3.8) is 0 Å². The van der Waals surface area contributed by atoms with E-state index in [-0.39, 0.29) is 6.61 Å². The Hall–Kier alpha value is -3.54. The number of hydrogen-bond acceptors (Lipinski definition) is 14. The third-order valence-electron chi connectivity index (χ3n) is 4.98. The van der Waals surface area contributed by atoms with Crippen molar-refractivity contribution < 1.29 is 61.9 Å². The molecule has 0 radical (unpaired) electrons. The molecule has 0 aromatic carbocycles. The van der Waals surface area contributed by atoms with Gasteiger partial charge in [0.15, 0.2) is 30.7 Å². The maximum absolute atomic E-state index is 11.9. The lowest BCUT2D eigenvalue weighted by Gasteiger charge is -2.45. The molecule has 1 saturated heterocycles. The number of nitriles is 1. The number of hydrogen-bond donors (Lipinski definition) is 0. The van der Waals surface area contributed by atoms with Crippen LogP contribution >= 0.6 is 0 Å². The van der Waals surface area contributed by atoms with Crippen LogP contribution in [0.3, 0.4) is 0 Å². The normalized spacial score (nSPS) is 30.8. The summed E-state index contributed by atoms with van der Waals surface area (Å²) in [5, 5.41) is 9.21. The second-order valence-corrected chi connectivity index (χ2v) is 8.08. The molecule has 2 aliphatic heterocycles. The molecule has 14 nitrogen and oxygen atoms in total. The number of carbonyl (C=O) groups excluding carboxylic acids is 5. The van der Waals surface area contributed by atoms with Crippen LogP contribution in [-0.4, -0.2) is 92.1 Å². The molecule has 1 fully saturated rings. The summed E-state index contributed by atoms with van der Waals surface area (Å²) in [7, 11) is 0. The van der Waals surface area contributed by atoms with Gasteiger partial charge in [-0.25, -0.2) is 0 Å². The second kappa shape index (κ2) is 13.7. The van der Waals surface area contributed by atoms with E-state index in [1.165, 1.54) is 19.1 Å². The first-order valence-corrected chi connectivity index (χ1v) is 11.2. The van der Waals surface area contributed by atoms with E-state index >= 15 is 0 Å². The summed E-state index contributed by atoms with van der Waals surface area (Å²) in [4.78, 5) is 58.5. The zero-order valence-corrected chi connectivity index (χ0v) is 20.9. The first kappa shape index (κ1) is 29.7. The van der Waals surface area contributed by atoms with Gasteiger partial charge >= 0.3 is 29.8 Å². The smallest absolute Gasteiger partial charge is 0.303 e. The number of carbonyl (C=O) groups is 5. The van der Waals surface area contributed by atoms with Gasteiger partial charge in [0, 0.05) is 34.6 Å². The van der Waals surface area contributed by atoms with Crippen LogP contribution in [0.1, 0.15) is 34.6 Å². The Morgan fingerprint density at radius 2 is 1.22 bits per heavy atom. The van der Waals surface area contributed by atoms with E-state index in [2.05, 4.69) is 0 Å². The standard InChI is InChI=1S/C23H29NO13/c1-11(25)30-9-18-17(7-6-16(8-24)35-18)36-23-22(34-15(5)29)21(33-14(4)28)20(32-13(3)27)19(37-23)10-31-12(2)26/h6-7,16-23H,9-10H2,1-5H3/t16-,17+,18-,19-,20-,21+,22-,23+/m1/s1. The lowest BCUT2D eigenvalue weighted by Crippen LogP contribution is -2.63. The Morgan fingerprint density at radius 3 is 1.73 bits per heavy atom. The second-order valence-electron chi connectivity index (χ2n) is 8.08. The first-order valence-electron chi connectivity index (χ1n) is 11.2. The first-order chi connectivity index (χ1) is 17.4. The van der Waals surface area contributed by atoms with E-state index in [1.807, 2.05) is 6.07 Å². The molecular formula is C23H29NO13. The highest BCUT2D eigenvalue weighted by atomic mass is 16.7. The van der Waals surface area contributed by atoms with Crippen LogP contribution in [0.4, 0.5) is 0 Å². The van der Waals surface area contributed by atoms with Crippen molar-refractivity contribution in [2.75, 3.05) is 13.2 Å². The molecule has 0 aliphatic carbocycles. The summed E-state index contributed by atoms with van der Waals surface area (Å²) in [6, 6.07) is 1.91. The van der Waals surface area contributed by atoms with Crippen LogP contribution in [0, 0.1) is 11.3 Å². The fraction of sp³-hybridized carbons (Fsp3) is 0.652. The van der Waals surface area contributed by atoms with Crippen LogP contribution in [-0.2, 0) is 61.9 Å². The van der Waals surface area contributed by atoms with Gasteiger partial charge in [0.2, 0.25) is 0 Å². The average molecular weight is 527 g/mol. The van der Waals surface area contributed by atoms with Gasteiger partial charge in [-0.05, 0) is 6.08 Å². The predicted octanol–water partition coefficient (Wildman–Crippen LogP) is -0.135. The Balaban J connectivity index is 2.44. The number of ether oxygens (including phenoxy) is 8. The summed E-state index contributed by atoms with van der Waals surface area (Å²) >= 11 is 0. The van der Waals surface area contributed by atoms with Crippen molar-refractivity contribution in [1.82, 2.24) is 0 Å². The van der Waals surface area contributed by atoms with Gasteiger partial charge in [0.25, 0.3) is 0 Å². The van der Waals surface area contributed by atoms with E-state index < -0.39 is 85.5 Å². The minimum absolute atomic E-state index is 0.284. The Kier molecular flexibility index (Phi) is 11.0. The van der Waals surface area contributed by atoms with Crippen molar-refractivity contribution in [3.05, 3.63) is 12.2 Å². The molecule has 0 spiro atoms. The maximum atomic E-state index is 11.9.